The van der Waals surface area contributed by atoms with Crippen LogP contribution < -0.4 is 53.2 Å². The van der Waals surface area contributed by atoms with Gasteiger partial charge in [0.05, 0.1) is 18.1 Å². The van der Waals surface area contributed by atoms with Gasteiger partial charge >= 0.3 is 0 Å². The number of nitrogens with one attached hydrogen (secondary N) is 10. The van der Waals surface area contributed by atoms with E-state index in [1.807, 2.05) is 105 Å². The van der Waals surface area contributed by atoms with Gasteiger partial charge in [0.1, 0.15) is 30.2 Å². The van der Waals surface area contributed by atoms with Crippen molar-refractivity contribution in [2.45, 2.75) is 171 Å². The van der Waals surface area contributed by atoms with Gasteiger partial charge < -0.3 is 63.0 Å². The number of carbonyl (C=O) groups is 9. The minimum Gasteiger partial charge on any atom is -0.356 e. The first-order valence-electron chi connectivity index (χ1n) is 33.1. The Hall–Kier alpha value is -8.89. The van der Waals surface area contributed by atoms with Crippen molar-refractivity contribution in [3.8, 4) is 23.7 Å². The molecule has 4 aliphatic heterocycles. The van der Waals surface area contributed by atoms with Gasteiger partial charge in [0.2, 0.25) is 53.2 Å². The van der Waals surface area contributed by atoms with Crippen LogP contribution in [0.3, 0.4) is 0 Å². The van der Waals surface area contributed by atoms with Crippen LogP contribution >= 0.6 is 0 Å². The molecule has 9 amide bonds. The largest absolute Gasteiger partial charge is 0.356 e. The molecule has 21 heteroatoms. The Labute approximate surface area is 547 Å². The molecule has 4 saturated heterocycles. The first kappa shape index (κ1) is 70.0. The van der Waals surface area contributed by atoms with Crippen LogP contribution in [0.15, 0.2) is 121 Å². The fourth-order valence-corrected chi connectivity index (χ4v) is 13.3. The molecule has 0 unspecified atom stereocenters. The van der Waals surface area contributed by atoms with Crippen molar-refractivity contribution in [2.75, 3.05) is 40.3 Å². The molecule has 4 aromatic rings. The van der Waals surface area contributed by atoms with Crippen molar-refractivity contribution >= 4 is 53.2 Å². The number of benzene rings is 4. The average Bonchev–Trinajstić information content (AvgIpc) is 1.68. The van der Waals surface area contributed by atoms with Crippen molar-refractivity contribution in [1.29, 1.82) is 0 Å². The highest BCUT2D eigenvalue weighted by atomic mass is 16.2. The number of fused-ring (bicyclic) bond motifs is 2. The van der Waals surface area contributed by atoms with E-state index in [1.165, 1.54) is 0 Å². The molecule has 494 valence electrons. The van der Waals surface area contributed by atoms with E-state index >= 15 is 0 Å². The fourth-order valence-electron chi connectivity index (χ4n) is 13.3. The smallest absolute Gasteiger partial charge is 0.247 e. The maximum atomic E-state index is 14.7. The van der Waals surface area contributed by atoms with Crippen molar-refractivity contribution in [3.05, 3.63) is 144 Å². The zero-order valence-corrected chi connectivity index (χ0v) is 54.0. The summed E-state index contributed by atoms with van der Waals surface area (Å²) in [6.45, 7) is 5.14. The summed E-state index contributed by atoms with van der Waals surface area (Å²) in [7, 11) is 3.39. The third kappa shape index (κ3) is 19.3. The summed E-state index contributed by atoms with van der Waals surface area (Å²) < 4.78 is 0. The van der Waals surface area contributed by atoms with Crippen LogP contribution in [0.2, 0.25) is 0 Å². The molecule has 0 aromatic heterocycles. The lowest BCUT2D eigenvalue weighted by Gasteiger charge is -2.33. The summed E-state index contributed by atoms with van der Waals surface area (Å²) in [6.07, 6.45) is 6.11. The van der Waals surface area contributed by atoms with Crippen LogP contribution in [-0.2, 0) is 49.7 Å². The van der Waals surface area contributed by atoms with E-state index in [-0.39, 0.29) is 105 Å². The second-order valence-electron chi connectivity index (χ2n) is 24.4. The lowest BCUT2D eigenvalue weighted by Crippen LogP contribution is -2.59. The topological polar surface area (TPSA) is 280 Å². The number of likely N-dealkylation sites (N-methyl/N-ethyl adjacent to an activating group) is 2. The Balaban J connectivity index is 0.779. The maximum Gasteiger partial charge on any atom is 0.247 e. The van der Waals surface area contributed by atoms with Gasteiger partial charge in [-0.05, 0) is 112 Å². The number of amides is 9. The van der Waals surface area contributed by atoms with Crippen molar-refractivity contribution in [3.63, 3.8) is 0 Å². The predicted octanol–water partition coefficient (Wildman–Crippen LogP) is 3.96. The normalized spacial score (nSPS) is 21.7. The van der Waals surface area contributed by atoms with Gasteiger partial charge in [-0.25, -0.2) is 0 Å². The molecule has 4 aliphatic rings. The summed E-state index contributed by atoms with van der Waals surface area (Å²) in [5, 5.41) is 30.4. The van der Waals surface area contributed by atoms with Gasteiger partial charge in [0.15, 0.2) is 0 Å². The van der Waals surface area contributed by atoms with Crippen LogP contribution in [0.25, 0.3) is 0 Å². The van der Waals surface area contributed by atoms with E-state index in [0.717, 1.165) is 16.7 Å². The highest BCUT2D eigenvalue weighted by Gasteiger charge is 2.50. The zero-order valence-electron chi connectivity index (χ0n) is 54.0. The van der Waals surface area contributed by atoms with E-state index < -0.39 is 66.1 Å². The van der Waals surface area contributed by atoms with Crippen LogP contribution in [-0.4, -0.2) is 152 Å². The minimum atomic E-state index is -1.10. The fraction of sp³-hybridized carbons (Fsp3) is 0.486. The molecule has 11 atom stereocenters. The molecule has 0 radical (unpaired) electrons. The van der Waals surface area contributed by atoms with Crippen LogP contribution in [0.4, 0.5) is 0 Å². The summed E-state index contributed by atoms with van der Waals surface area (Å²) in [4.78, 5) is 129. The van der Waals surface area contributed by atoms with E-state index in [4.69, 9.17) is 0 Å². The van der Waals surface area contributed by atoms with Gasteiger partial charge in [0, 0.05) is 82.3 Å². The Morgan fingerprint density at radius 3 is 1.41 bits per heavy atom. The molecule has 8 rings (SSSR count). The van der Waals surface area contributed by atoms with E-state index in [1.54, 1.807) is 54.2 Å². The second kappa shape index (κ2) is 35.8. The molecule has 21 nitrogen and oxygen atoms in total. The molecule has 0 spiro atoms. The highest BCUT2D eigenvalue weighted by Crippen LogP contribution is 2.37. The lowest BCUT2D eigenvalue weighted by atomic mass is 9.92. The van der Waals surface area contributed by atoms with Gasteiger partial charge in [0.25, 0.3) is 0 Å². The first-order valence-corrected chi connectivity index (χ1v) is 33.1. The SMILES string of the molecule is CC[C@H](NC)C(=O)N[C@@H]1C(=O)N2[C@@H](CC[C@@H]1CNC(=O)CCC#CC#CCCC(=O)NCCNC(=O)[C@@H](NC(=O)[C@@H]1CC[C@@H]3CC[C@H](CNCc4ccccc4)[C@H](NC(=O)[C@H](CC)NC)C(=O)N31)c1ccccc1)CC[C@H]2C(=O)NC(c1ccccc1)c1ccccc1. The van der Waals surface area contributed by atoms with Crippen LogP contribution in [0.1, 0.15) is 138 Å². The summed E-state index contributed by atoms with van der Waals surface area (Å²) in [6, 6.07) is 31.7. The van der Waals surface area contributed by atoms with Crippen LogP contribution in [0, 0.1) is 35.5 Å². The molecule has 0 aliphatic carbocycles. The number of hydrogen-bond donors (Lipinski definition) is 10. The Morgan fingerprint density at radius 2 is 0.925 bits per heavy atom. The molecule has 93 heavy (non-hydrogen) atoms. The second-order valence-corrected chi connectivity index (χ2v) is 24.4. The van der Waals surface area contributed by atoms with Gasteiger partial charge in [-0.2, -0.15) is 0 Å². The van der Waals surface area contributed by atoms with E-state index in [0.29, 0.717) is 82.9 Å². The van der Waals surface area contributed by atoms with Crippen molar-refractivity contribution in [2.24, 2.45) is 11.8 Å². The van der Waals surface area contributed by atoms with Crippen molar-refractivity contribution in [1.82, 2.24) is 63.0 Å². The average molecular weight is 1270 g/mol. The predicted molar refractivity (Wildman–Crippen MR) is 354 cm³/mol. The number of rotatable bonds is 29. The van der Waals surface area contributed by atoms with Gasteiger partial charge in [-0.15, -0.1) is 0 Å². The number of hydrogen-bond acceptors (Lipinski definition) is 12. The van der Waals surface area contributed by atoms with Gasteiger partial charge in [-0.1, -0.05) is 147 Å². The molecule has 4 aromatic carbocycles. The van der Waals surface area contributed by atoms with E-state index in [9.17, 15) is 43.2 Å². The molecular formula is C72H92N12O9. The Kier molecular flexibility index (Phi) is 26.9. The molecular weight excluding hydrogens is 1180 g/mol. The maximum absolute atomic E-state index is 14.7. The third-order valence-electron chi connectivity index (χ3n) is 18.4. The monoisotopic (exact) mass is 1270 g/mol. The molecule has 0 bridgehead atoms. The minimum absolute atomic E-state index is 0.0642. The van der Waals surface area contributed by atoms with Gasteiger partial charge in [-0.3, -0.25) is 43.2 Å². The summed E-state index contributed by atoms with van der Waals surface area (Å²) in [5.74, 6) is 7.48. The highest BCUT2D eigenvalue weighted by molar-refractivity contribution is 5.97. The molecule has 4 fully saturated rings. The summed E-state index contributed by atoms with van der Waals surface area (Å²) >= 11 is 0. The number of nitrogens with zero attached hydrogens (tertiary/aromatic N) is 2. The standard InChI is InChI=1S/C72H92N12O9/c1-5-56(73-3)66(87)81-64-52(46-75-45-48-25-15-11-16-26-48)35-37-54-40-42-59(84(54)71(64)92)69(90)80-63(51-31-21-14-22-32-51)70(91)77-44-43-76-60(85)33-23-9-7-8-10-24-34-61(86)78-47-53-36-38-55-39-41-58(83(55)72(93)65(53)82-67(88)57(6-2)74-4)68(89)79-62(49-27-17-12-18-28-49)50-29-19-13-20-30-50/h11-22,25-32,52-59,62-65,73-75H,5-6,23-24,33-47H2,1-4H3,(H,76,85)(H,77,91)(H,78,86)(H,79,89)(H,80,90)(H,81,87)(H,82,88)/t52-,53-,54+,55+,56+,57+,58+,59+,63+,64+,65+/m1/s1. The quantitative estimate of drug-likeness (QED) is 0.0273. The number of carbonyl (C=O) groups excluding carboxylic acids is 9. The van der Waals surface area contributed by atoms with E-state index in [2.05, 4.69) is 76.8 Å². The molecule has 10 N–H and O–H groups in total. The molecule has 4 heterocycles. The zero-order chi connectivity index (χ0) is 66.1. The first-order chi connectivity index (χ1) is 45.2. The third-order valence-corrected chi connectivity index (χ3v) is 18.4. The lowest BCUT2D eigenvalue weighted by molar-refractivity contribution is -0.144. The van der Waals surface area contributed by atoms with Crippen LogP contribution in [0.5, 0.6) is 0 Å². The summed E-state index contributed by atoms with van der Waals surface area (Å²) in [5.41, 5.74) is 3.45. The molecule has 0 saturated carbocycles. The Morgan fingerprint density at radius 1 is 0.495 bits per heavy atom. The Bertz CT molecular complexity index is 3250. The van der Waals surface area contributed by atoms with Crippen molar-refractivity contribution < 1.29 is 43.2 Å².